The van der Waals surface area contributed by atoms with Crippen LogP contribution in [-0.2, 0) is 17.2 Å². The van der Waals surface area contributed by atoms with Crippen LogP contribution in [0.3, 0.4) is 0 Å². The number of carbonyl (C=O) groups excluding carboxylic acids is 2. The zero-order valence-electron chi connectivity index (χ0n) is 5.61. The summed E-state index contributed by atoms with van der Waals surface area (Å²) in [5, 5.41) is 0. The molecule has 0 saturated carbocycles. The molecule has 0 atom stereocenters. The topological polar surface area (TPSA) is 105 Å². The molecule has 0 aromatic rings. The number of nitrogens with two attached hydrogens (primary N) is 2. The summed E-state index contributed by atoms with van der Waals surface area (Å²) in [6.45, 7) is -0.441. The van der Waals surface area contributed by atoms with Crippen molar-refractivity contribution in [2.24, 2.45) is 11.5 Å². The van der Waals surface area contributed by atoms with Gasteiger partial charge in [-0.3, -0.25) is 0 Å². The molecule has 0 aromatic heterocycles. The van der Waals surface area contributed by atoms with Gasteiger partial charge in [0, 0.05) is 0 Å². The van der Waals surface area contributed by atoms with E-state index in [1.807, 2.05) is 0 Å². The molecule has 7 heteroatoms. The second kappa shape index (κ2) is 6.11. The molecule has 0 fully saturated rings. The Labute approximate surface area is 70.0 Å². The fourth-order valence-electron chi connectivity index (χ4n) is 0.161. The van der Waals surface area contributed by atoms with Crippen LogP contribution in [-0.4, -0.2) is 40.6 Å². The Hall–Kier alpha value is -0.621. The van der Waals surface area contributed by atoms with Gasteiger partial charge in [-0.05, 0) is 0 Å². The Morgan fingerprint density at radius 2 is 1.45 bits per heavy atom. The second-order valence-corrected chi connectivity index (χ2v) is 2.37. The van der Waals surface area contributed by atoms with Crippen molar-refractivity contribution in [2.45, 2.75) is 0 Å². The average molecular weight is 227 g/mol. The Balaban J connectivity index is 3.27. The number of rotatable bonds is 4. The molecule has 0 unspecified atom stereocenters. The quantitative estimate of drug-likeness (QED) is 0.515. The Kier molecular flexibility index (Phi) is 5.77. The summed E-state index contributed by atoms with van der Waals surface area (Å²) in [7, 11) is 0. The van der Waals surface area contributed by atoms with Crippen molar-refractivity contribution in [3.63, 3.8) is 0 Å². The van der Waals surface area contributed by atoms with E-state index in [1.165, 1.54) is 0 Å². The van der Waals surface area contributed by atoms with Crippen molar-refractivity contribution in [3.8, 4) is 0 Å². The molecule has 11 heavy (non-hydrogen) atoms. The Morgan fingerprint density at radius 1 is 1.09 bits per heavy atom. The van der Waals surface area contributed by atoms with Crippen LogP contribution in [0.5, 0.6) is 0 Å². The molecule has 0 rings (SSSR count). The molecule has 0 radical (unpaired) electrons. The van der Waals surface area contributed by atoms with E-state index in [0.29, 0.717) is 0 Å². The molecule has 0 heterocycles. The minimum absolute atomic E-state index is 0.220. The maximum absolute atomic E-state index is 10.3. The van der Waals surface area contributed by atoms with E-state index in [-0.39, 0.29) is 13.1 Å². The van der Waals surface area contributed by atoms with E-state index in [4.69, 9.17) is 11.5 Å². The van der Waals surface area contributed by atoms with Gasteiger partial charge in [-0.25, -0.2) is 0 Å². The van der Waals surface area contributed by atoms with Crippen LogP contribution in [0.4, 0.5) is 0 Å². The number of carbonyl (C=O) groups is 2. The van der Waals surface area contributed by atoms with Gasteiger partial charge in [0.15, 0.2) is 0 Å². The van der Waals surface area contributed by atoms with E-state index in [2.05, 4.69) is 7.64 Å². The number of hydrogen-bond acceptors (Lipinski definition) is 6. The monoisotopic (exact) mass is 228 g/mol. The molecule has 0 saturated heterocycles. The standard InChI is InChI=1S/C4H8N2O4Se/c5-1-3(7)9-11-10-4(8)2-6/h1-2,5-6H2. The first-order valence-electron chi connectivity index (χ1n) is 2.67. The summed E-state index contributed by atoms with van der Waals surface area (Å²) >= 11 is -0.938. The van der Waals surface area contributed by atoms with Crippen LogP contribution in [0.25, 0.3) is 0 Å². The first kappa shape index (κ1) is 10.4. The summed E-state index contributed by atoms with van der Waals surface area (Å²) in [5.74, 6) is -1.20. The van der Waals surface area contributed by atoms with E-state index in [0.717, 1.165) is 0 Å². The summed E-state index contributed by atoms with van der Waals surface area (Å²) in [4.78, 5) is 20.7. The molecule has 0 amide bonds. The molecule has 0 aliphatic rings. The van der Waals surface area contributed by atoms with Crippen LogP contribution >= 0.6 is 0 Å². The van der Waals surface area contributed by atoms with Crippen LogP contribution < -0.4 is 11.5 Å². The van der Waals surface area contributed by atoms with Gasteiger partial charge in [-0.15, -0.1) is 0 Å². The van der Waals surface area contributed by atoms with Gasteiger partial charge < -0.3 is 0 Å². The molecular weight excluding hydrogens is 219 g/mol. The van der Waals surface area contributed by atoms with Gasteiger partial charge >= 0.3 is 69.3 Å². The molecule has 0 aliphatic heterocycles. The molecule has 0 bridgehead atoms. The predicted octanol–water partition coefficient (Wildman–Crippen LogP) is -2.48. The molecule has 4 N–H and O–H groups in total. The van der Waals surface area contributed by atoms with Gasteiger partial charge in [-0.2, -0.15) is 0 Å². The summed E-state index contributed by atoms with van der Waals surface area (Å²) in [6.07, 6.45) is 0. The van der Waals surface area contributed by atoms with Crippen molar-refractivity contribution in [1.29, 1.82) is 0 Å². The SMILES string of the molecule is NCC(=O)O[Se]OC(=O)CN. The van der Waals surface area contributed by atoms with Crippen molar-refractivity contribution in [3.05, 3.63) is 0 Å². The zero-order chi connectivity index (χ0) is 8.69. The van der Waals surface area contributed by atoms with Crippen LogP contribution in [0.2, 0.25) is 0 Å². The first-order valence-corrected chi connectivity index (χ1v) is 4.07. The van der Waals surface area contributed by atoms with Gasteiger partial charge in [0.05, 0.1) is 0 Å². The summed E-state index contributed by atoms with van der Waals surface area (Å²) in [6, 6.07) is 0. The molecule has 0 aromatic carbocycles. The van der Waals surface area contributed by atoms with Crippen LogP contribution in [0.15, 0.2) is 0 Å². The third kappa shape index (κ3) is 5.81. The van der Waals surface area contributed by atoms with Crippen molar-refractivity contribution in [2.75, 3.05) is 13.1 Å². The number of hydrogen-bond donors (Lipinski definition) is 2. The third-order valence-corrected chi connectivity index (χ3v) is 1.65. The Bertz CT molecular complexity index is 135. The summed E-state index contributed by atoms with van der Waals surface area (Å²) < 4.78 is 8.73. The molecular formula is C4H8N2O4Se. The van der Waals surface area contributed by atoms with Crippen LogP contribution in [0, 0.1) is 0 Å². The fourth-order valence-corrected chi connectivity index (χ4v) is 0.836. The van der Waals surface area contributed by atoms with Crippen molar-refractivity contribution < 1.29 is 17.2 Å². The van der Waals surface area contributed by atoms with E-state index in [9.17, 15) is 9.59 Å². The third-order valence-electron chi connectivity index (χ3n) is 0.587. The van der Waals surface area contributed by atoms with Crippen LogP contribution in [0.1, 0.15) is 0 Å². The molecule has 6 nitrogen and oxygen atoms in total. The van der Waals surface area contributed by atoms with Crippen molar-refractivity contribution >= 4 is 27.6 Å². The fraction of sp³-hybridized carbons (Fsp3) is 0.500. The zero-order valence-corrected chi connectivity index (χ0v) is 7.32. The van der Waals surface area contributed by atoms with E-state index >= 15 is 0 Å². The molecule has 64 valence electrons. The predicted molar refractivity (Wildman–Crippen MR) is 36.0 cm³/mol. The summed E-state index contributed by atoms with van der Waals surface area (Å²) in [5.41, 5.74) is 9.78. The van der Waals surface area contributed by atoms with Gasteiger partial charge in [-0.1, -0.05) is 0 Å². The Morgan fingerprint density at radius 3 is 1.73 bits per heavy atom. The van der Waals surface area contributed by atoms with Gasteiger partial charge in [0.25, 0.3) is 0 Å². The molecule has 0 spiro atoms. The molecule has 0 aliphatic carbocycles. The van der Waals surface area contributed by atoms with E-state index in [1.54, 1.807) is 0 Å². The van der Waals surface area contributed by atoms with Crippen molar-refractivity contribution in [1.82, 2.24) is 0 Å². The average Bonchev–Trinajstić information content (AvgIpc) is 2.04. The van der Waals surface area contributed by atoms with Gasteiger partial charge in [0.1, 0.15) is 0 Å². The van der Waals surface area contributed by atoms with Gasteiger partial charge in [0.2, 0.25) is 0 Å². The second-order valence-electron chi connectivity index (χ2n) is 1.39. The first-order chi connectivity index (χ1) is 5.20. The minimum atomic E-state index is -0.938. The van der Waals surface area contributed by atoms with E-state index < -0.39 is 27.6 Å². The normalized spacial score (nSPS) is 8.91. The maximum atomic E-state index is 10.3.